The molecule has 2 fully saturated rings. The van der Waals surface area contributed by atoms with Gasteiger partial charge in [0.05, 0.1) is 0 Å². The lowest BCUT2D eigenvalue weighted by Crippen LogP contribution is -2.50. The molecule has 1 aliphatic carbocycles. The summed E-state index contributed by atoms with van der Waals surface area (Å²) in [5.74, 6) is 1.29. The second-order valence-corrected chi connectivity index (χ2v) is 5.41. The van der Waals surface area contributed by atoms with Crippen molar-refractivity contribution in [2.24, 2.45) is 5.92 Å². The molecule has 1 saturated carbocycles. The van der Waals surface area contributed by atoms with Gasteiger partial charge in [-0.25, -0.2) is 0 Å². The third-order valence-electron chi connectivity index (χ3n) is 4.23. The summed E-state index contributed by atoms with van der Waals surface area (Å²) in [4.78, 5) is 14.0. The zero-order chi connectivity index (χ0) is 10.8. The van der Waals surface area contributed by atoms with Gasteiger partial charge in [-0.05, 0) is 25.7 Å². The molecule has 0 N–H and O–H groups in total. The van der Waals surface area contributed by atoms with E-state index in [2.05, 4.69) is 18.7 Å². The van der Waals surface area contributed by atoms with E-state index in [9.17, 15) is 4.79 Å². The van der Waals surface area contributed by atoms with E-state index < -0.39 is 0 Å². The topological polar surface area (TPSA) is 20.3 Å². The summed E-state index contributed by atoms with van der Waals surface area (Å²) in [6.07, 6.45) is 7.07. The highest BCUT2D eigenvalue weighted by molar-refractivity contribution is 5.79. The molecule has 0 aromatic carbocycles. The van der Waals surface area contributed by atoms with Crippen molar-refractivity contribution in [2.75, 3.05) is 6.54 Å². The molecular formula is C13H23NO. The highest BCUT2D eigenvalue weighted by Crippen LogP contribution is 2.31. The maximum Gasteiger partial charge on any atom is 0.135 e. The Bertz CT molecular complexity index is 239. The lowest BCUT2D eigenvalue weighted by Gasteiger charge is -2.43. The van der Waals surface area contributed by atoms with Crippen LogP contribution in [0.2, 0.25) is 0 Å². The molecule has 2 aliphatic rings. The van der Waals surface area contributed by atoms with Crippen molar-refractivity contribution in [3.8, 4) is 0 Å². The van der Waals surface area contributed by atoms with Gasteiger partial charge < -0.3 is 0 Å². The number of ketones is 1. The summed E-state index contributed by atoms with van der Waals surface area (Å²) >= 11 is 0. The number of piperidine rings is 1. The van der Waals surface area contributed by atoms with Crippen molar-refractivity contribution in [2.45, 2.75) is 64.5 Å². The van der Waals surface area contributed by atoms with Gasteiger partial charge in [-0.3, -0.25) is 9.69 Å². The Morgan fingerprint density at radius 3 is 2.60 bits per heavy atom. The minimum Gasteiger partial charge on any atom is -0.300 e. The summed E-state index contributed by atoms with van der Waals surface area (Å²) < 4.78 is 0. The molecule has 0 radical (unpaired) electrons. The molecule has 0 aromatic rings. The standard InChI is InChI=1S/C13H23NO/c1-10-5-3-4-6-13(10)14-8-7-12(15)9-11(14)2/h10-11,13H,3-9H2,1-2H3. The van der Waals surface area contributed by atoms with Crippen LogP contribution in [0.5, 0.6) is 0 Å². The summed E-state index contributed by atoms with van der Waals surface area (Å²) in [5.41, 5.74) is 0. The van der Waals surface area contributed by atoms with Gasteiger partial charge in [0, 0.05) is 31.5 Å². The molecule has 2 nitrogen and oxygen atoms in total. The Balaban J connectivity index is 1.99. The fourth-order valence-electron chi connectivity index (χ4n) is 3.31. The van der Waals surface area contributed by atoms with Gasteiger partial charge >= 0.3 is 0 Å². The van der Waals surface area contributed by atoms with Crippen LogP contribution < -0.4 is 0 Å². The van der Waals surface area contributed by atoms with Gasteiger partial charge in [-0.15, -0.1) is 0 Å². The number of nitrogens with zero attached hydrogens (tertiary/aromatic N) is 1. The first-order valence-corrected chi connectivity index (χ1v) is 6.46. The van der Waals surface area contributed by atoms with Crippen molar-refractivity contribution < 1.29 is 4.79 Å². The molecular weight excluding hydrogens is 186 g/mol. The lowest BCUT2D eigenvalue weighted by atomic mass is 9.83. The zero-order valence-corrected chi connectivity index (χ0v) is 10.0. The highest BCUT2D eigenvalue weighted by atomic mass is 16.1. The average molecular weight is 209 g/mol. The van der Waals surface area contributed by atoms with Gasteiger partial charge in [0.1, 0.15) is 5.78 Å². The average Bonchev–Trinajstić information content (AvgIpc) is 2.20. The van der Waals surface area contributed by atoms with Crippen LogP contribution in [0.1, 0.15) is 52.4 Å². The molecule has 2 rings (SSSR count). The normalized spacial score (nSPS) is 39.3. The van der Waals surface area contributed by atoms with Crippen LogP contribution in [0.15, 0.2) is 0 Å². The quantitative estimate of drug-likeness (QED) is 0.661. The molecule has 0 amide bonds. The number of carbonyl (C=O) groups is 1. The molecule has 3 atom stereocenters. The Labute approximate surface area is 93.0 Å². The van der Waals surface area contributed by atoms with Crippen LogP contribution in [0.4, 0.5) is 0 Å². The van der Waals surface area contributed by atoms with E-state index in [0.29, 0.717) is 11.8 Å². The smallest absolute Gasteiger partial charge is 0.135 e. The third-order valence-corrected chi connectivity index (χ3v) is 4.23. The third kappa shape index (κ3) is 2.41. The predicted octanol–water partition coefficient (Wildman–Crippen LogP) is 2.62. The van der Waals surface area contributed by atoms with Crippen LogP contribution in [-0.2, 0) is 4.79 Å². The second kappa shape index (κ2) is 4.65. The minimum atomic E-state index is 0.460. The van der Waals surface area contributed by atoms with Crippen molar-refractivity contribution in [1.82, 2.24) is 4.90 Å². The first-order chi connectivity index (χ1) is 7.18. The SMILES string of the molecule is CC1CCCCC1N1CCC(=O)CC1C. The fraction of sp³-hybridized carbons (Fsp3) is 0.923. The Kier molecular flexibility index (Phi) is 3.45. The minimum absolute atomic E-state index is 0.460. The number of hydrogen-bond acceptors (Lipinski definition) is 2. The Hall–Kier alpha value is -0.370. The van der Waals surface area contributed by atoms with Crippen molar-refractivity contribution in [3.63, 3.8) is 0 Å². The zero-order valence-electron chi connectivity index (χ0n) is 10.0. The number of Topliss-reactive ketones (excluding diaryl/α,β-unsaturated/α-hetero) is 1. The first-order valence-electron chi connectivity index (χ1n) is 6.46. The summed E-state index contributed by atoms with van der Waals surface area (Å²) in [6.45, 7) is 5.61. The summed E-state index contributed by atoms with van der Waals surface area (Å²) in [5, 5.41) is 0. The Morgan fingerprint density at radius 1 is 1.20 bits per heavy atom. The number of rotatable bonds is 1. The molecule has 15 heavy (non-hydrogen) atoms. The van der Waals surface area contributed by atoms with E-state index in [1.165, 1.54) is 25.7 Å². The summed E-state index contributed by atoms with van der Waals surface area (Å²) in [6, 6.07) is 1.23. The van der Waals surface area contributed by atoms with Crippen LogP contribution >= 0.6 is 0 Å². The van der Waals surface area contributed by atoms with E-state index in [-0.39, 0.29) is 0 Å². The molecule has 2 heteroatoms. The Morgan fingerprint density at radius 2 is 1.93 bits per heavy atom. The van der Waals surface area contributed by atoms with Crippen molar-refractivity contribution >= 4 is 5.78 Å². The highest BCUT2D eigenvalue weighted by Gasteiger charge is 2.33. The molecule has 1 heterocycles. The molecule has 0 spiro atoms. The van der Waals surface area contributed by atoms with Gasteiger partial charge in [0.25, 0.3) is 0 Å². The monoisotopic (exact) mass is 209 g/mol. The fourth-order valence-corrected chi connectivity index (χ4v) is 3.31. The lowest BCUT2D eigenvalue weighted by molar-refractivity contribution is -0.124. The summed E-state index contributed by atoms with van der Waals surface area (Å²) in [7, 11) is 0. The van der Waals surface area contributed by atoms with Crippen LogP contribution in [0.25, 0.3) is 0 Å². The molecule has 1 aliphatic heterocycles. The maximum atomic E-state index is 11.4. The van der Waals surface area contributed by atoms with Gasteiger partial charge in [-0.2, -0.15) is 0 Å². The first kappa shape index (κ1) is 11.1. The van der Waals surface area contributed by atoms with Gasteiger partial charge in [0.15, 0.2) is 0 Å². The number of carbonyl (C=O) groups excluding carboxylic acids is 1. The van der Waals surface area contributed by atoms with E-state index >= 15 is 0 Å². The maximum absolute atomic E-state index is 11.4. The van der Waals surface area contributed by atoms with E-state index in [0.717, 1.165) is 31.3 Å². The van der Waals surface area contributed by atoms with E-state index in [4.69, 9.17) is 0 Å². The van der Waals surface area contributed by atoms with Crippen molar-refractivity contribution in [3.05, 3.63) is 0 Å². The molecule has 3 unspecified atom stereocenters. The molecule has 1 saturated heterocycles. The molecule has 0 bridgehead atoms. The predicted molar refractivity (Wildman–Crippen MR) is 61.8 cm³/mol. The van der Waals surface area contributed by atoms with Crippen LogP contribution in [-0.4, -0.2) is 29.3 Å². The van der Waals surface area contributed by atoms with Crippen LogP contribution in [0, 0.1) is 5.92 Å². The van der Waals surface area contributed by atoms with Crippen molar-refractivity contribution in [1.29, 1.82) is 0 Å². The largest absolute Gasteiger partial charge is 0.300 e. The second-order valence-electron chi connectivity index (χ2n) is 5.41. The molecule has 0 aromatic heterocycles. The number of likely N-dealkylation sites (tertiary alicyclic amines) is 1. The molecule has 86 valence electrons. The van der Waals surface area contributed by atoms with E-state index in [1.54, 1.807) is 0 Å². The van der Waals surface area contributed by atoms with Gasteiger partial charge in [-0.1, -0.05) is 19.8 Å². The van der Waals surface area contributed by atoms with E-state index in [1.807, 2.05) is 0 Å². The number of hydrogen-bond donors (Lipinski definition) is 0. The van der Waals surface area contributed by atoms with Crippen LogP contribution in [0.3, 0.4) is 0 Å². The van der Waals surface area contributed by atoms with Gasteiger partial charge in [0.2, 0.25) is 0 Å².